The molecule has 1 unspecified atom stereocenters. The van der Waals surface area contributed by atoms with Crippen LogP contribution in [-0.2, 0) is 11.0 Å². The van der Waals surface area contributed by atoms with Crippen molar-refractivity contribution >= 4 is 16.8 Å². The maximum absolute atomic E-state index is 13.0. The molecule has 3 atom stereocenters. The number of carbonyl (C=O) groups is 1. The number of benzene rings is 1. The Bertz CT molecular complexity index is 660. The number of carbonyl (C=O) groups excluding carboxylic acids is 1. The topological polar surface area (TPSA) is 46.2 Å². The second kappa shape index (κ2) is 11.1. The molecule has 28 heavy (non-hydrogen) atoms. The van der Waals surface area contributed by atoms with E-state index >= 15 is 0 Å². The van der Waals surface area contributed by atoms with Crippen LogP contribution in [0.25, 0.3) is 0 Å². The summed E-state index contributed by atoms with van der Waals surface area (Å²) in [7, 11) is -1.21. The summed E-state index contributed by atoms with van der Waals surface area (Å²) in [5.41, 5.74) is 1.56. The van der Waals surface area contributed by atoms with Gasteiger partial charge in [0.25, 0.3) is 0 Å². The fraction of sp³-hybridized carbons (Fsp3) is 0.625. The SMILES string of the molecule is C=C[C@](CC)(CCCCCC)[C@@H](NS(=O)C(C)(C)C)c1ccc(C(C)=O)cc1. The first kappa shape index (κ1) is 24.8. The lowest BCUT2D eigenvalue weighted by Gasteiger charge is -2.40. The Morgan fingerprint density at radius 1 is 1.14 bits per heavy atom. The molecule has 0 aliphatic rings. The molecule has 0 aliphatic heterocycles. The molecule has 0 aromatic heterocycles. The molecule has 0 saturated heterocycles. The smallest absolute Gasteiger partial charge is 0.159 e. The fourth-order valence-electron chi connectivity index (χ4n) is 3.48. The van der Waals surface area contributed by atoms with Gasteiger partial charge in [0.1, 0.15) is 0 Å². The maximum Gasteiger partial charge on any atom is 0.159 e. The molecule has 1 aromatic carbocycles. The third-order valence-corrected chi connectivity index (χ3v) is 7.13. The van der Waals surface area contributed by atoms with Crippen molar-refractivity contribution in [3.8, 4) is 0 Å². The van der Waals surface area contributed by atoms with Crippen molar-refractivity contribution in [1.82, 2.24) is 4.72 Å². The minimum atomic E-state index is -1.21. The summed E-state index contributed by atoms with van der Waals surface area (Å²) in [4.78, 5) is 11.7. The minimum absolute atomic E-state index is 0.0550. The first-order chi connectivity index (χ1) is 13.1. The molecule has 1 N–H and O–H groups in total. The molecular formula is C24H39NO2S. The average Bonchev–Trinajstić information content (AvgIpc) is 2.66. The standard InChI is InChI=1S/C24H39NO2S/c1-8-11-12-13-18-24(9-2,10-3)22(25-28(27)23(5,6)7)21-16-14-20(15-17-21)19(4)26/h9,14-17,22,25H,2,8,10-13,18H2,1,3-7H3/t22-,24-,28?/m0/s1. The quantitative estimate of drug-likeness (QED) is 0.244. The van der Waals surface area contributed by atoms with Crippen molar-refractivity contribution in [3.05, 3.63) is 48.0 Å². The largest absolute Gasteiger partial charge is 0.295 e. The highest BCUT2D eigenvalue weighted by Crippen LogP contribution is 2.43. The molecular weight excluding hydrogens is 366 g/mol. The number of nitrogens with one attached hydrogen (secondary N) is 1. The number of hydrogen-bond acceptors (Lipinski definition) is 2. The van der Waals surface area contributed by atoms with Gasteiger partial charge in [-0.05, 0) is 46.1 Å². The highest BCUT2D eigenvalue weighted by atomic mass is 32.2. The summed E-state index contributed by atoms with van der Waals surface area (Å²) >= 11 is 0. The number of unbranched alkanes of at least 4 members (excludes halogenated alkanes) is 3. The number of ketones is 1. The van der Waals surface area contributed by atoms with Crippen LogP contribution in [0, 0.1) is 5.41 Å². The summed E-state index contributed by atoms with van der Waals surface area (Å²) < 4.78 is 16.1. The van der Waals surface area contributed by atoms with Gasteiger partial charge >= 0.3 is 0 Å². The van der Waals surface area contributed by atoms with Crippen LogP contribution in [0.15, 0.2) is 36.9 Å². The third-order valence-electron chi connectivity index (χ3n) is 5.57. The molecule has 0 bridgehead atoms. The van der Waals surface area contributed by atoms with Crippen molar-refractivity contribution in [1.29, 1.82) is 0 Å². The number of rotatable bonds is 12. The molecule has 0 saturated carbocycles. The molecule has 0 spiro atoms. The predicted molar refractivity (Wildman–Crippen MR) is 122 cm³/mol. The second-order valence-corrected chi connectivity index (χ2v) is 10.7. The normalized spacial score (nSPS) is 16.2. The van der Waals surface area contributed by atoms with Gasteiger partial charge in [0, 0.05) is 11.0 Å². The number of hydrogen-bond donors (Lipinski definition) is 1. The van der Waals surface area contributed by atoms with E-state index in [1.54, 1.807) is 6.92 Å². The van der Waals surface area contributed by atoms with Crippen LogP contribution in [0.1, 0.15) is 102 Å². The minimum Gasteiger partial charge on any atom is -0.295 e. The van der Waals surface area contributed by atoms with Crippen molar-refractivity contribution in [2.45, 2.75) is 90.9 Å². The van der Waals surface area contributed by atoms with E-state index in [2.05, 4.69) is 31.2 Å². The van der Waals surface area contributed by atoms with Gasteiger partial charge in [-0.1, -0.05) is 69.9 Å². The Labute approximate surface area is 175 Å². The monoisotopic (exact) mass is 405 g/mol. The van der Waals surface area contributed by atoms with E-state index in [9.17, 15) is 9.00 Å². The molecule has 0 aliphatic carbocycles. The van der Waals surface area contributed by atoms with E-state index in [4.69, 9.17) is 0 Å². The van der Waals surface area contributed by atoms with Gasteiger partial charge in [-0.2, -0.15) is 0 Å². The van der Waals surface area contributed by atoms with Gasteiger partial charge in [0.2, 0.25) is 0 Å². The molecule has 158 valence electrons. The molecule has 1 rings (SSSR count). The van der Waals surface area contributed by atoms with Gasteiger partial charge in [0.15, 0.2) is 5.78 Å². The van der Waals surface area contributed by atoms with Crippen molar-refractivity contribution < 1.29 is 9.00 Å². The zero-order valence-corrected chi connectivity index (χ0v) is 19.5. The van der Waals surface area contributed by atoms with E-state index in [1.165, 1.54) is 19.3 Å². The zero-order valence-electron chi connectivity index (χ0n) is 18.6. The van der Waals surface area contributed by atoms with Crippen LogP contribution in [0.5, 0.6) is 0 Å². The zero-order chi connectivity index (χ0) is 21.4. The summed E-state index contributed by atoms with van der Waals surface area (Å²) in [6.07, 6.45) is 8.72. The summed E-state index contributed by atoms with van der Waals surface area (Å²) in [5.74, 6) is 0.0550. The first-order valence-electron chi connectivity index (χ1n) is 10.5. The fourth-order valence-corrected chi connectivity index (χ4v) is 4.42. The average molecular weight is 406 g/mol. The van der Waals surface area contributed by atoms with Crippen LogP contribution >= 0.6 is 0 Å². The molecule has 0 heterocycles. The van der Waals surface area contributed by atoms with E-state index in [0.717, 1.165) is 24.8 Å². The highest BCUT2D eigenvalue weighted by molar-refractivity contribution is 7.84. The third kappa shape index (κ3) is 6.66. The molecule has 3 nitrogen and oxygen atoms in total. The van der Waals surface area contributed by atoms with E-state index in [-0.39, 0.29) is 22.0 Å². The Kier molecular flexibility index (Phi) is 9.79. The van der Waals surface area contributed by atoms with Gasteiger partial charge in [-0.25, -0.2) is 8.93 Å². The van der Waals surface area contributed by atoms with Crippen molar-refractivity contribution in [3.63, 3.8) is 0 Å². The van der Waals surface area contributed by atoms with Crippen LogP contribution < -0.4 is 4.72 Å². The molecule has 1 aromatic rings. The first-order valence-corrected chi connectivity index (χ1v) is 11.7. The second-order valence-electron chi connectivity index (χ2n) is 8.71. The van der Waals surface area contributed by atoms with Gasteiger partial charge in [-0.3, -0.25) is 4.79 Å². The molecule has 4 heteroatoms. The van der Waals surface area contributed by atoms with E-state index in [1.807, 2.05) is 45.0 Å². The molecule has 0 radical (unpaired) electrons. The lowest BCUT2D eigenvalue weighted by atomic mass is 9.71. The van der Waals surface area contributed by atoms with Gasteiger partial charge in [-0.15, -0.1) is 6.58 Å². The Balaban J connectivity index is 3.30. The lowest BCUT2D eigenvalue weighted by molar-refractivity contribution is 0.101. The lowest BCUT2D eigenvalue weighted by Crippen LogP contribution is -2.42. The van der Waals surface area contributed by atoms with Gasteiger partial charge in [0.05, 0.1) is 21.8 Å². The summed E-state index contributed by atoms with van der Waals surface area (Å²) in [5, 5.41) is 0. The van der Waals surface area contributed by atoms with Crippen molar-refractivity contribution in [2.75, 3.05) is 0 Å². The number of Topliss-reactive ketones (excluding diaryl/α,β-unsaturated/α-hetero) is 1. The highest BCUT2D eigenvalue weighted by Gasteiger charge is 2.37. The van der Waals surface area contributed by atoms with E-state index in [0.29, 0.717) is 5.56 Å². The summed E-state index contributed by atoms with van der Waals surface area (Å²) in [6.45, 7) is 16.1. The van der Waals surface area contributed by atoms with Crippen LogP contribution in [-0.4, -0.2) is 14.7 Å². The van der Waals surface area contributed by atoms with Crippen LogP contribution in [0.2, 0.25) is 0 Å². The Hall–Kier alpha value is -1.26. The summed E-state index contributed by atoms with van der Waals surface area (Å²) in [6, 6.07) is 7.61. The van der Waals surface area contributed by atoms with E-state index < -0.39 is 11.0 Å². The molecule has 0 amide bonds. The maximum atomic E-state index is 13.0. The van der Waals surface area contributed by atoms with Gasteiger partial charge < -0.3 is 0 Å². The van der Waals surface area contributed by atoms with Crippen molar-refractivity contribution in [2.24, 2.45) is 5.41 Å². The Morgan fingerprint density at radius 2 is 1.75 bits per heavy atom. The molecule has 0 fully saturated rings. The van der Waals surface area contributed by atoms with Crippen LogP contribution in [0.4, 0.5) is 0 Å². The van der Waals surface area contributed by atoms with Crippen LogP contribution in [0.3, 0.4) is 0 Å². The Morgan fingerprint density at radius 3 is 2.18 bits per heavy atom. The predicted octanol–water partition coefficient (Wildman–Crippen LogP) is 6.53.